The van der Waals surface area contributed by atoms with Gasteiger partial charge in [0.25, 0.3) is 5.91 Å². The van der Waals surface area contributed by atoms with E-state index >= 15 is 0 Å². The van der Waals surface area contributed by atoms with E-state index in [9.17, 15) is 9.59 Å². The normalized spacial score (nSPS) is 23.2. The summed E-state index contributed by atoms with van der Waals surface area (Å²) < 4.78 is 5.49. The molecule has 1 aliphatic rings. The molecule has 1 aromatic rings. The van der Waals surface area contributed by atoms with E-state index in [2.05, 4.69) is 0 Å². The highest BCUT2D eigenvalue weighted by molar-refractivity contribution is 5.96. The first-order chi connectivity index (χ1) is 9.00. The van der Waals surface area contributed by atoms with E-state index in [4.69, 9.17) is 9.84 Å². The van der Waals surface area contributed by atoms with Gasteiger partial charge in [0, 0.05) is 12.1 Å². The van der Waals surface area contributed by atoms with Gasteiger partial charge in [-0.15, -0.1) is 0 Å². The van der Waals surface area contributed by atoms with Crippen LogP contribution in [0.25, 0.3) is 0 Å². The molecule has 1 aromatic carbocycles. The summed E-state index contributed by atoms with van der Waals surface area (Å²) in [6.07, 6.45) is 0.0102. The van der Waals surface area contributed by atoms with Gasteiger partial charge in [-0.2, -0.15) is 0 Å². The number of carboxylic acid groups (broad SMARTS) is 1. The molecule has 1 N–H and O–H groups in total. The van der Waals surface area contributed by atoms with Crippen molar-refractivity contribution in [3.63, 3.8) is 0 Å². The van der Waals surface area contributed by atoms with Crippen molar-refractivity contribution in [3.05, 3.63) is 35.4 Å². The highest BCUT2D eigenvalue weighted by Gasteiger charge is 2.29. The monoisotopic (exact) mass is 263 g/mol. The van der Waals surface area contributed by atoms with Gasteiger partial charge in [-0.1, -0.05) is 0 Å². The number of hydrogen-bond donors (Lipinski definition) is 1. The zero-order valence-electron chi connectivity index (χ0n) is 11.0. The molecule has 0 spiro atoms. The predicted molar refractivity (Wildman–Crippen MR) is 69.3 cm³/mol. The summed E-state index contributed by atoms with van der Waals surface area (Å²) in [7, 11) is 0. The maximum absolute atomic E-state index is 12.4. The Balaban J connectivity index is 2.17. The largest absolute Gasteiger partial charge is 0.478 e. The average molecular weight is 263 g/mol. The summed E-state index contributed by atoms with van der Waals surface area (Å²) in [5, 5.41) is 8.83. The lowest BCUT2D eigenvalue weighted by atomic mass is 10.1. The molecule has 0 aliphatic carbocycles. The highest BCUT2D eigenvalue weighted by atomic mass is 16.5. The van der Waals surface area contributed by atoms with Crippen molar-refractivity contribution in [1.29, 1.82) is 0 Å². The van der Waals surface area contributed by atoms with Crippen LogP contribution in [0.1, 0.15) is 34.6 Å². The number of carbonyl (C=O) groups excluding carboxylic acids is 1. The fraction of sp³-hybridized carbons (Fsp3) is 0.429. The van der Waals surface area contributed by atoms with E-state index in [-0.39, 0.29) is 23.6 Å². The fourth-order valence-electron chi connectivity index (χ4n) is 2.14. The number of rotatable bonds is 2. The summed E-state index contributed by atoms with van der Waals surface area (Å²) in [6, 6.07) is 6.02. The van der Waals surface area contributed by atoms with E-state index in [1.807, 2.05) is 13.8 Å². The smallest absolute Gasteiger partial charge is 0.335 e. The number of amides is 1. The second-order valence-corrected chi connectivity index (χ2v) is 4.70. The molecule has 102 valence electrons. The topological polar surface area (TPSA) is 66.8 Å². The van der Waals surface area contributed by atoms with Crippen molar-refractivity contribution >= 4 is 11.9 Å². The van der Waals surface area contributed by atoms with Crippen LogP contribution in [0.15, 0.2) is 24.3 Å². The van der Waals surface area contributed by atoms with Crippen LogP contribution < -0.4 is 0 Å². The molecule has 0 aromatic heterocycles. The van der Waals surface area contributed by atoms with Gasteiger partial charge in [0.1, 0.15) is 0 Å². The van der Waals surface area contributed by atoms with Crippen molar-refractivity contribution in [2.24, 2.45) is 0 Å². The Morgan fingerprint density at radius 2 is 1.79 bits per heavy atom. The number of morpholine rings is 1. The molecule has 0 unspecified atom stereocenters. The number of ether oxygens (including phenoxy) is 1. The highest BCUT2D eigenvalue weighted by Crippen LogP contribution is 2.17. The maximum atomic E-state index is 12.4. The van der Waals surface area contributed by atoms with Crippen LogP contribution in [0.5, 0.6) is 0 Å². The van der Waals surface area contributed by atoms with E-state index in [1.54, 1.807) is 17.0 Å². The molecule has 1 aliphatic heterocycles. The number of hydrogen-bond acceptors (Lipinski definition) is 3. The lowest BCUT2D eigenvalue weighted by molar-refractivity contribution is -0.0440. The molecular weight excluding hydrogens is 246 g/mol. The Kier molecular flexibility index (Phi) is 3.85. The second kappa shape index (κ2) is 5.40. The molecule has 5 heteroatoms. The van der Waals surface area contributed by atoms with Crippen molar-refractivity contribution in [2.45, 2.75) is 26.0 Å². The Morgan fingerprint density at radius 3 is 2.37 bits per heavy atom. The minimum absolute atomic E-state index is 0.0102. The summed E-state index contributed by atoms with van der Waals surface area (Å²) in [4.78, 5) is 24.9. The molecule has 0 radical (unpaired) electrons. The van der Waals surface area contributed by atoms with Crippen molar-refractivity contribution in [3.8, 4) is 0 Å². The Labute approximate surface area is 111 Å². The van der Waals surface area contributed by atoms with Crippen molar-refractivity contribution in [2.75, 3.05) is 13.2 Å². The van der Waals surface area contributed by atoms with Gasteiger partial charge in [-0.05, 0) is 38.1 Å². The zero-order chi connectivity index (χ0) is 14.0. The van der Waals surface area contributed by atoms with Gasteiger partial charge in [0.15, 0.2) is 0 Å². The second-order valence-electron chi connectivity index (χ2n) is 4.70. The van der Waals surface area contributed by atoms with Crippen LogP contribution in [-0.4, -0.2) is 47.2 Å². The molecule has 2 atom stereocenters. The van der Waals surface area contributed by atoms with Crippen LogP contribution in [0.4, 0.5) is 0 Å². The Bertz CT molecular complexity index is 483. The molecular formula is C14H17NO4. The molecule has 1 heterocycles. The SMILES string of the molecule is C[C@@H]1[C@@H](C)OCCN1C(=O)c1ccc(C(=O)O)cc1. The molecule has 5 nitrogen and oxygen atoms in total. The maximum Gasteiger partial charge on any atom is 0.335 e. The fourth-order valence-corrected chi connectivity index (χ4v) is 2.14. The first-order valence-electron chi connectivity index (χ1n) is 6.26. The van der Waals surface area contributed by atoms with Gasteiger partial charge in [-0.3, -0.25) is 4.79 Å². The lowest BCUT2D eigenvalue weighted by Gasteiger charge is -2.37. The lowest BCUT2D eigenvalue weighted by Crippen LogP contribution is -2.51. The third-order valence-corrected chi connectivity index (χ3v) is 3.52. The minimum atomic E-state index is -0.993. The standard InChI is InChI=1S/C14H17NO4/c1-9-10(2)19-8-7-15(9)13(16)11-3-5-12(6-4-11)14(17)18/h3-6,9-10H,7-8H2,1-2H3,(H,17,18)/t9-,10-/m1/s1. The third kappa shape index (κ3) is 2.76. The first kappa shape index (κ1) is 13.5. The summed E-state index contributed by atoms with van der Waals surface area (Å²) in [5.41, 5.74) is 0.686. The van der Waals surface area contributed by atoms with E-state index in [0.29, 0.717) is 18.7 Å². The van der Waals surface area contributed by atoms with Gasteiger partial charge in [-0.25, -0.2) is 4.79 Å². The van der Waals surface area contributed by atoms with Crippen LogP contribution >= 0.6 is 0 Å². The number of benzene rings is 1. The summed E-state index contributed by atoms with van der Waals surface area (Å²) in [5.74, 6) is -1.08. The van der Waals surface area contributed by atoms with E-state index in [1.165, 1.54) is 12.1 Å². The molecule has 1 amide bonds. The summed E-state index contributed by atoms with van der Waals surface area (Å²) >= 11 is 0. The van der Waals surface area contributed by atoms with Crippen molar-refractivity contribution < 1.29 is 19.4 Å². The molecule has 1 saturated heterocycles. The van der Waals surface area contributed by atoms with E-state index in [0.717, 1.165) is 0 Å². The van der Waals surface area contributed by atoms with Gasteiger partial charge in [0.2, 0.25) is 0 Å². The Morgan fingerprint density at radius 1 is 1.21 bits per heavy atom. The van der Waals surface area contributed by atoms with Crippen LogP contribution in [0.2, 0.25) is 0 Å². The van der Waals surface area contributed by atoms with Crippen LogP contribution in [-0.2, 0) is 4.74 Å². The van der Waals surface area contributed by atoms with Crippen LogP contribution in [0, 0.1) is 0 Å². The molecule has 19 heavy (non-hydrogen) atoms. The third-order valence-electron chi connectivity index (χ3n) is 3.52. The average Bonchev–Trinajstić information content (AvgIpc) is 2.41. The molecule has 1 fully saturated rings. The number of carboxylic acids is 1. The minimum Gasteiger partial charge on any atom is -0.478 e. The molecule has 0 saturated carbocycles. The first-order valence-corrected chi connectivity index (χ1v) is 6.26. The van der Waals surface area contributed by atoms with Gasteiger partial charge in [0.05, 0.1) is 24.3 Å². The summed E-state index contributed by atoms with van der Waals surface area (Å²) in [6.45, 7) is 4.99. The molecule has 0 bridgehead atoms. The number of carbonyl (C=O) groups is 2. The zero-order valence-corrected chi connectivity index (χ0v) is 11.0. The number of aromatic carboxylic acids is 1. The van der Waals surface area contributed by atoms with Gasteiger partial charge < -0.3 is 14.7 Å². The van der Waals surface area contributed by atoms with Gasteiger partial charge >= 0.3 is 5.97 Å². The van der Waals surface area contributed by atoms with Crippen LogP contribution in [0.3, 0.4) is 0 Å². The quantitative estimate of drug-likeness (QED) is 0.880. The van der Waals surface area contributed by atoms with Crippen molar-refractivity contribution in [1.82, 2.24) is 4.90 Å². The number of nitrogens with zero attached hydrogens (tertiary/aromatic N) is 1. The Hall–Kier alpha value is -1.88. The predicted octanol–water partition coefficient (Wildman–Crippen LogP) is 1.63. The van der Waals surface area contributed by atoms with E-state index < -0.39 is 5.97 Å². The molecule has 2 rings (SSSR count).